The van der Waals surface area contributed by atoms with E-state index in [9.17, 15) is 17.6 Å². The second kappa shape index (κ2) is 5.95. The van der Waals surface area contributed by atoms with Crippen LogP contribution in [-0.2, 0) is 21.2 Å². The molecule has 0 aliphatic rings. The number of nitrogens with one attached hydrogen (secondary N) is 1. The molecule has 0 spiro atoms. The van der Waals surface area contributed by atoms with E-state index in [0.29, 0.717) is 18.4 Å². The second-order valence-corrected chi connectivity index (χ2v) is 6.02. The zero-order valence-corrected chi connectivity index (χ0v) is 11.1. The van der Waals surface area contributed by atoms with Gasteiger partial charge < -0.3 is 0 Å². The summed E-state index contributed by atoms with van der Waals surface area (Å²) in [5, 5.41) is 0. The fraction of sp³-hybridized carbons (Fsp3) is 0.417. The highest BCUT2D eigenvalue weighted by Gasteiger charge is 2.16. The van der Waals surface area contributed by atoms with Gasteiger partial charge in [-0.25, -0.2) is 12.8 Å². The Kier molecular flexibility index (Phi) is 4.84. The third-order valence-corrected chi connectivity index (χ3v) is 3.11. The van der Waals surface area contributed by atoms with Crippen molar-refractivity contribution in [1.82, 2.24) is 4.72 Å². The molecule has 18 heavy (non-hydrogen) atoms. The summed E-state index contributed by atoms with van der Waals surface area (Å²) in [5.41, 5.74) is 0.525. The molecule has 0 bridgehead atoms. The van der Waals surface area contributed by atoms with E-state index in [1.54, 1.807) is 25.1 Å². The number of halogens is 1. The minimum Gasteiger partial charge on any atom is -0.274 e. The molecule has 0 radical (unpaired) electrons. The summed E-state index contributed by atoms with van der Waals surface area (Å²) in [4.78, 5) is 11.5. The van der Waals surface area contributed by atoms with Crippen LogP contribution in [0.1, 0.15) is 18.9 Å². The number of benzene rings is 1. The van der Waals surface area contributed by atoms with Crippen LogP contribution in [0.4, 0.5) is 4.39 Å². The SMILES string of the molecule is CC(CCc1ccccc1F)C(=O)NS(C)(=O)=O. The van der Waals surface area contributed by atoms with Crippen molar-refractivity contribution in [3.05, 3.63) is 35.6 Å². The van der Waals surface area contributed by atoms with E-state index in [4.69, 9.17) is 0 Å². The van der Waals surface area contributed by atoms with Gasteiger partial charge in [-0.1, -0.05) is 25.1 Å². The van der Waals surface area contributed by atoms with E-state index in [-0.39, 0.29) is 5.82 Å². The van der Waals surface area contributed by atoms with Gasteiger partial charge in [0.15, 0.2) is 0 Å². The van der Waals surface area contributed by atoms with Crippen LogP contribution in [0.15, 0.2) is 24.3 Å². The number of rotatable bonds is 5. The van der Waals surface area contributed by atoms with E-state index in [1.165, 1.54) is 6.07 Å². The van der Waals surface area contributed by atoms with Gasteiger partial charge in [-0.15, -0.1) is 0 Å². The largest absolute Gasteiger partial charge is 0.274 e. The van der Waals surface area contributed by atoms with Crippen molar-refractivity contribution in [3.8, 4) is 0 Å². The maximum atomic E-state index is 13.3. The minimum atomic E-state index is -3.53. The van der Waals surface area contributed by atoms with Gasteiger partial charge in [-0.3, -0.25) is 9.52 Å². The molecule has 0 aromatic heterocycles. The lowest BCUT2D eigenvalue weighted by Gasteiger charge is -2.11. The molecular formula is C12H16FNO3S. The predicted molar refractivity (Wildman–Crippen MR) is 66.9 cm³/mol. The number of carbonyl (C=O) groups excluding carboxylic acids is 1. The number of sulfonamides is 1. The fourth-order valence-electron chi connectivity index (χ4n) is 1.49. The Hall–Kier alpha value is -1.43. The van der Waals surface area contributed by atoms with Crippen LogP contribution in [-0.4, -0.2) is 20.6 Å². The molecule has 6 heteroatoms. The lowest BCUT2D eigenvalue weighted by atomic mass is 10.0. The van der Waals surface area contributed by atoms with Gasteiger partial charge in [0.1, 0.15) is 5.82 Å². The second-order valence-electron chi connectivity index (χ2n) is 4.27. The van der Waals surface area contributed by atoms with Gasteiger partial charge in [-0.05, 0) is 24.5 Å². The van der Waals surface area contributed by atoms with Gasteiger partial charge >= 0.3 is 0 Å². The van der Waals surface area contributed by atoms with E-state index in [0.717, 1.165) is 6.26 Å². The third kappa shape index (κ3) is 4.83. The standard InChI is InChI=1S/C12H16FNO3S/c1-9(12(15)14-18(2,16)17)7-8-10-5-3-4-6-11(10)13/h3-6,9H,7-8H2,1-2H3,(H,14,15). The summed E-state index contributed by atoms with van der Waals surface area (Å²) >= 11 is 0. The first-order valence-electron chi connectivity index (χ1n) is 5.54. The number of hydrogen-bond donors (Lipinski definition) is 1. The molecule has 0 saturated heterocycles. The maximum absolute atomic E-state index is 13.3. The molecule has 1 aromatic carbocycles. The molecule has 1 N–H and O–H groups in total. The number of hydrogen-bond acceptors (Lipinski definition) is 3. The number of amides is 1. The van der Waals surface area contributed by atoms with Crippen LogP contribution in [0, 0.1) is 11.7 Å². The lowest BCUT2D eigenvalue weighted by molar-refractivity contribution is -0.122. The smallest absolute Gasteiger partial charge is 0.236 e. The Balaban J connectivity index is 2.54. The monoisotopic (exact) mass is 273 g/mol. The number of carbonyl (C=O) groups is 1. The summed E-state index contributed by atoms with van der Waals surface area (Å²) in [6, 6.07) is 6.32. The van der Waals surface area contributed by atoms with Crippen LogP contribution in [0.25, 0.3) is 0 Å². The van der Waals surface area contributed by atoms with E-state index < -0.39 is 21.8 Å². The molecule has 1 atom stereocenters. The highest BCUT2D eigenvalue weighted by molar-refractivity contribution is 7.89. The normalized spacial score (nSPS) is 13.1. The van der Waals surface area contributed by atoms with Crippen molar-refractivity contribution >= 4 is 15.9 Å². The quantitative estimate of drug-likeness (QED) is 0.883. The van der Waals surface area contributed by atoms with E-state index in [2.05, 4.69) is 0 Å². The molecule has 1 amide bonds. The predicted octanol–water partition coefficient (Wildman–Crippen LogP) is 1.47. The molecule has 1 unspecified atom stereocenters. The molecule has 0 saturated carbocycles. The highest BCUT2D eigenvalue weighted by atomic mass is 32.2. The summed E-state index contributed by atoms with van der Waals surface area (Å²) in [6.07, 6.45) is 1.71. The fourth-order valence-corrected chi connectivity index (χ4v) is 2.05. The molecule has 0 aliphatic carbocycles. The van der Waals surface area contributed by atoms with Crippen LogP contribution in [0.2, 0.25) is 0 Å². The highest BCUT2D eigenvalue weighted by Crippen LogP contribution is 2.13. The summed E-state index contributed by atoms with van der Waals surface area (Å²) in [5.74, 6) is -1.36. The molecule has 100 valence electrons. The maximum Gasteiger partial charge on any atom is 0.236 e. The van der Waals surface area contributed by atoms with Gasteiger partial charge in [0.2, 0.25) is 15.9 Å². The van der Waals surface area contributed by atoms with Crippen molar-refractivity contribution in [2.24, 2.45) is 5.92 Å². The van der Waals surface area contributed by atoms with Gasteiger partial charge in [0.25, 0.3) is 0 Å². The molecule has 4 nitrogen and oxygen atoms in total. The Morgan fingerprint density at radius 1 is 1.39 bits per heavy atom. The average molecular weight is 273 g/mol. The van der Waals surface area contributed by atoms with Gasteiger partial charge in [-0.2, -0.15) is 0 Å². The number of aryl methyl sites for hydroxylation is 1. The topological polar surface area (TPSA) is 63.2 Å². The van der Waals surface area contributed by atoms with Crippen molar-refractivity contribution in [1.29, 1.82) is 0 Å². The average Bonchev–Trinajstić information content (AvgIpc) is 2.25. The van der Waals surface area contributed by atoms with Crippen LogP contribution in [0.3, 0.4) is 0 Å². The van der Waals surface area contributed by atoms with Crippen LogP contribution >= 0.6 is 0 Å². The van der Waals surface area contributed by atoms with Crippen molar-refractivity contribution in [2.45, 2.75) is 19.8 Å². The zero-order valence-electron chi connectivity index (χ0n) is 10.3. The van der Waals surface area contributed by atoms with Crippen LogP contribution in [0.5, 0.6) is 0 Å². The van der Waals surface area contributed by atoms with E-state index in [1.807, 2.05) is 4.72 Å². The zero-order chi connectivity index (χ0) is 13.8. The van der Waals surface area contributed by atoms with E-state index >= 15 is 0 Å². The van der Waals surface area contributed by atoms with Crippen molar-refractivity contribution < 1.29 is 17.6 Å². The first-order chi connectivity index (χ1) is 8.29. The molecule has 0 heterocycles. The molecule has 1 rings (SSSR count). The Morgan fingerprint density at radius 2 is 2.00 bits per heavy atom. The van der Waals surface area contributed by atoms with Gasteiger partial charge in [0, 0.05) is 5.92 Å². The molecule has 1 aromatic rings. The minimum absolute atomic E-state index is 0.312. The van der Waals surface area contributed by atoms with Crippen molar-refractivity contribution in [3.63, 3.8) is 0 Å². The molecule has 0 aliphatic heterocycles. The molecule has 0 fully saturated rings. The first-order valence-corrected chi connectivity index (χ1v) is 7.44. The lowest BCUT2D eigenvalue weighted by Crippen LogP contribution is -2.34. The first kappa shape index (κ1) is 14.6. The van der Waals surface area contributed by atoms with Crippen LogP contribution < -0.4 is 4.72 Å². The summed E-state index contributed by atoms with van der Waals surface area (Å²) in [7, 11) is -3.53. The Morgan fingerprint density at radius 3 is 2.56 bits per heavy atom. The van der Waals surface area contributed by atoms with Crippen molar-refractivity contribution in [2.75, 3.05) is 6.26 Å². The Bertz CT molecular complexity index is 528. The third-order valence-electron chi connectivity index (χ3n) is 2.54. The summed E-state index contributed by atoms with van der Waals surface area (Å²) < 4.78 is 37.0. The van der Waals surface area contributed by atoms with Gasteiger partial charge in [0.05, 0.1) is 6.26 Å². The summed E-state index contributed by atoms with van der Waals surface area (Å²) in [6.45, 7) is 1.61. The molecular weight excluding hydrogens is 257 g/mol. The Labute approximate surface area is 106 Å².